The van der Waals surface area contributed by atoms with Crippen LogP contribution < -0.4 is 5.32 Å². The number of nitrogens with zero attached hydrogens (tertiary/aromatic N) is 2. The fourth-order valence-electron chi connectivity index (χ4n) is 1.79. The first-order valence-electron chi connectivity index (χ1n) is 7.06. The van der Waals surface area contributed by atoms with Crippen LogP contribution >= 0.6 is 11.8 Å². The largest absolute Gasteiger partial charge is 0.360 e. The van der Waals surface area contributed by atoms with Crippen LogP contribution in [-0.2, 0) is 0 Å². The molecule has 0 aliphatic carbocycles. The maximum Gasteiger partial charge on any atom is 0.156 e. The van der Waals surface area contributed by atoms with E-state index in [0.29, 0.717) is 6.04 Å². The number of amidine groups is 1. The molecule has 1 aliphatic rings. The zero-order valence-corrected chi connectivity index (χ0v) is 13.4. The summed E-state index contributed by atoms with van der Waals surface area (Å²) >= 11 is 1.86. The molecular formula is C14H29N3S. The number of thioether (sulfide) groups is 1. The van der Waals surface area contributed by atoms with Crippen molar-refractivity contribution in [2.24, 2.45) is 4.99 Å². The minimum atomic E-state index is 0.224. The van der Waals surface area contributed by atoms with E-state index in [1.165, 1.54) is 31.6 Å². The molecule has 106 valence electrons. The molecule has 0 bridgehead atoms. The van der Waals surface area contributed by atoms with Crippen molar-refractivity contribution < 1.29 is 0 Å². The highest BCUT2D eigenvalue weighted by molar-refractivity contribution is 8.13. The molecule has 18 heavy (non-hydrogen) atoms. The molecule has 0 aromatic heterocycles. The van der Waals surface area contributed by atoms with Gasteiger partial charge < -0.3 is 10.2 Å². The third-order valence-electron chi connectivity index (χ3n) is 3.47. The summed E-state index contributed by atoms with van der Waals surface area (Å²) in [5, 5.41) is 4.66. The summed E-state index contributed by atoms with van der Waals surface area (Å²) in [6.07, 6.45) is 3.64. The van der Waals surface area contributed by atoms with Gasteiger partial charge in [0, 0.05) is 23.9 Å². The van der Waals surface area contributed by atoms with Crippen LogP contribution in [0.25, 0.3) is 0 Å². The Bertz CT molecular complexity index is 274. The van der Waals surface area contributed by atoms with Gasteiger partial charge in [-0.2, -0.15) is 0 Å². The highest BCUT2D eigenvalue weighted by Crippen LogP contribution is 2.21. The average molecular weight is 271 g/mol. The fourth-order valence-corrected chi connectivity index (χ4v) is 3.12. The maximum atomic E-state index is 4.67. The van der Waals surface area contributed by atoms with Gasteiger partial charge in [-0.3, -0.25) is 4.99 Å². The molecular weight excluding hydrogens is 242 g/mol. The number of unbranched alkanes of at least 4 members (excludes halogenated alkanes) is 1. The van der Waals surface area contributed by atoms with Crippen molar-refractivity contribution in [1.82, 2.24) is 10.2 Å². The summed E-state index contributed by atoms with van der Waals surface area (Å²) in [6, 6.07) is 0.646. The van der Waals surface area contributed by atoms with Crippen LogP contribution in [0.5, 0.6) is 0 Å². The van der Waals surface area contributed by atoms with E-state index < -0.39 is 0 Å². The molecule has 0 spiro atoms. The van der Waals surface area contributed by atoms with Gasteiger partial charge in [0.25, 0.3) is 0 Å². The van der Waals surface area contributed by atoms with Crippen LogP contribution in [-0.4, -0.2) is 47.5 Å². The van der Waals surface area contributed by atoms with Crippen LogP contribution in [0.4, 0.5) is 0 Å². The zero-order valence-electron chi connectivity index (χ0n) is 12.6. The Morgan fingerprint density at radius 3 is 2.72 bits per heavy atom. The van der Waals surface area contributed by atoms with Gasteiger partial charge in [0.1, 0.15) is 0 Å². The number of rotatable bonds is 6. The molecule has 0 radical (unpaired) electrons. The molecule has 1 heterocycles. The van der Waals surface area contributed by atoms with E-state index in [-0.39, 0.29) is 5.54 Å². The second-order valence-corrected chi connectivity index (χ2v) is 7.16. The Labute approximate surface area is 117 Å². The first kappa shape index (κ1) is 15.8. The van der Waals surface area contributed by atoms with E-state index in [9.17, 15) is 0 Å². The topological polar surface area (TPSA) is 27.6 Å². The number of nitrogens with one attached hydrogen (secondary N) is 1. The molecule has 1 fully saturated rings. The third-order valence-corrected chi connectivity index (χ3v) is 4.38. The Kier molecular flexibility index (Phi) is 6.50. The Balaban J connectivity index is 2.17. The lowest BCUT2D eigenvalue weighted by Gasteiger charge is -2.32. The summed E-state index contributed by atoms with van der Waals surface area (Å²) in [5.74, 6) is 1.19. The molecule has 0 aromatic carbocycles. The van der Waals surface area contributed by atoms with Crippen molar-refractivity contribution in [1.29, 1.82) is 0 Å². The van der Waals surface area contributed by atoms with Gasteiger partial charge in [0.2, 0.25) is 0 Å². The van der Waals surface area contributed by atoms with E-state index in [4.69, 9.17) is 0 Å². The molecule has 0 aromatic rings. The van der Waals surface area contributed by atoms with E-state index in [0.717, 1.165) is 11.7 Å². The third kappa shape index (κ3) is 6.10. The molecule has 1 N–H and O–H groups in total. The van der Waals surface area contributed by atoms with Crippen molar-refractivity contribution >= 4 is 16.9 Å². The fraction of sp³-hybridized carbons (Fsp3) is 0.929. The van der Waals surface area contributed by atoms with Crippen LogP contribution in [0, 0.1) is 0 Å². The molecule has 1 rings (SSSR count). The quantitative estimate of drug-likeness (QED) is 0.753. The SMILES string of the molecule is CC(C)N(C)CCCCN=C1NC(C)(C)CCS1. The van der Waals surface area contributed by atoms with Gasteiger partial charge in [0.05, 0.1) is 0 Å². The number of hydrogen-bond donors (Lipinski definition) is 1. The van der Waals surface area contributed by atoms with Crippen molar-refractivity contribution in [3.8, 4) is 0 Å². The second-order valence-electron chi connectivity index (χ2n) is 6.08. The first-order valence-corrected chi connectivity index (χ1v) is 8.05. The molecule has 0 amide bonds. The highest BCUT2D eigenvalue weighted by atomic mass is 32.2. The van der Waals surface area contributed by atoms with Crippen LogP contribution in [0.1, 0.15) is 47.0 Å². The van der Waals surface area contributed by atoms with E-state index in [1.54, 1.807) is 0 Å². The first-order chi connectivity index (χ1) is 8.41. The van der Waals surface area contributed by atoms with Crippen LogP contribution in [0.15, 0.2) is 4.99 Å². The summed E-state index contributed by atoms with van der Waals surface area (Å²) in [7, 11) is 2.19. The van der Waals surface area contributed by atoms with Crippen molar-refractivity contribution in [2.75, 3.05) is 25.9 Å². The number of aliphatic imine (C=N–C) groups is 1. The van der Waals surface area contributed by atoms with Crippen molar-refractivity contribution in [3.05, 3.63) is 0 Å². The lowest BCUT2D eigenvalue weighted by atomic mass is 10.0. The van der Waals surface area contributed by atoms with Crippen LogP contribution in [0.3, 0.4) is 0 Å². The van der Waals surface area contributed by atoms with Gasteiger partial charge in [-0.1, -0.05) is 11.8 Å². The molecule has 4 heteroatoms. The summed E-state index contributed by atoms with van der Waals surface area (Å²) in [5.41, 5.74) is 0.224. The molecule has 0 atom stereocenters. The lowest BCUT2D eigenvalue weighted by Crippen LogP contribution is -2.46. The standard InChI is InChI=1S/C14H29N3S/c1-12(2)17(5)10-7-6-9-15-13-16-14(3,4)8-11-18-13/h12H,6-11H2,1-5H3,(H,15,16). The minimum Gasteiger partial charge on any atom is -0.360 e. The van der Waals surface area contributed by atoms with Crippen molar-refractivity contribution in [2.45, 2.75) is 58.5 Å². The normalized spacial score (nSPS) is 21.6. The minimum absolute atomic E-state index is 0.224. The van der Waals surface area contributed by atoms with Gasteiger partial charge in [-0.15, -0.1) is 0 Å². The molecule has 3 nitrogen and oxygen atoms in total. The summed E-state index contributed by atoms with van der Waals surface area (Å²) in [4.78, 5) is 7.06. The smallest absolute Gasteiger partial charge is 0.156 e. The monoisotopic (exact) mass is 271 g/mol. The van der Waals surface area contributed by atoms with Gasteiger partial charge >= 0.3 is 0 Å². The van der Waals surface area contributed by atoms with E-state index >= 15 is 0 Å². The van der Waals surface area contributed by atoms with E-state index in [2.05, 4.69) is 50.0 Å². The number of hydrogen-bond acceptors (Lipinski definition) is 3. The van der Waals surface area contributed by atoms with Gasteiger partial charge in [-0.25, -0.2) is 0 Å². The van der Waals surface area contributed by atoms with Crippen LogP contribution in [0.2, 0.25) is 0 Å². The van der Waals surface area contributed by atoms with Crippen molar-refractivity contribution in [3.63, 3.8) is 0 Å². The predicted octanol–water partition coefficient (Wildman–Crippen LogP) is 2.97. The maximum absolute atomic E-state index is 4.67. The Morgan fingerprint density at radius 2 is 2.11 bits per heavy atom. The zero-order chi connectivity index (χ0) is 13.6. The molecule has 1 saturated heterocycles. The Hall–Kier alpha value is -0.220. The molecule has 1 aliphatic heterocycles. The van der Waals surface area contributed by atoms with Gasteiger partial charge in [0.15, 0.2) is 5.17 Å². The van der Waals surface area contributed by atoms with Gasteiger partial charge in [-0.05, 0) is 60.5 Å². The molecule has 0 unspecified atom stereocenters. The highest BCUT2D eigenvalue weighted by Gasteiger charge is 2.23. The summed E-state index contributed by atoms with van der Waals surface area (Å²) < 4.78 is 0. The lowest BCUT2D eigenvalue weighted by molar-refractivity contribution is 0.269. The molecule has 0 saturated carbocycles. The Morgan fingerprint density at radius 1 is 1.39 bits per heavy atom. The average Bonchev–Trinajstić information content (AvgIpc) is 2.26. The second kappa shape index (κ2) is 7.39. The van der Waals surface area contributed by atoms with E-state index in [1.807, 2.05) is 11.8 Å². The predicted molar refractivity (Wildman–Crippen MR) is 83.6 cm³/mol. The summed E-state index contributed by atoms with van der Waals surface area (Å²) in [6.45, 7) is 11.1.